The second-order valence-corrected chi connectivity index (χ2v) is 2.50. The predicted octanol–water partition coefficient (Wildman–Crippen LogP) is 0.968. The van der Waals surface area contributed by atoms with Crippen molar-refractivity contribution in [3.8, 4) is 0 Å². The van der Waals surface area contributed by atoms with Crippen LogP contribution >= 0.6 is 0 Å². The Balaban J connectivity index is 2.86. The second-order valence-electron chi connectivity index (χ2n) is 2.50. The molecule has 0 radical (unpaired) electrons. The van der Waals surface area contributed by atoms with Gasteiger partial charge < -0.3 is 5.73 Å². The van der Waals surface area contributed by atoms with Gasteiger partial charge in [-0.3, -0.25) is 4.84 Å². The van der Waals surface area contributed by atoms with Crippen LogP contribution in [0.1, 0.15) is 11.1 Å². The van der Waals surface area contributed by atoms with E-state index < -0.39 is 0 Å². The number of anilines is 1. The highest BCUT2D eigenvalue weighted by atomic mass is 16.6. The van der Waals surface area contributed by atoms with Crippen LogP contribution in [0.5, 0.6) is 0 Å². The van der Waals surface area contributed by atoms with Gasteiger partial charge in [-0.15, -0.1) is 0 Å². The van der Waals surface area contributed by atoms with Crippen molar-refractivity contribution in [2.75, 3.05) is 5.73 Å². The molecule has 0 amide bonds. The van der Waals surface area contributed by atoms with E-state index in [9.17, 15) is 0 Å². The van der Waals surface area contributed by atoms with E-state index in [0.29, 0.717) is 6.61 Å². The fourth-order valence-corrected chi connectivity index (χ4v) is 0.876. The molecule has 60 valence electrons. The Morgan fingerprint density at radius 3 is 2.73 bits per heavy atom. The average Bonchev–Trinajstić information content (AvgIpc) is 1.98. The first-order valence-corrected chi connectivity index (χ1v) is 3.40. The third-order valence-corrected chi connectivity index (χ3v) is 1.59. The maximum Gasteiger partial charge on any atom is 0.0930 e. The summed E-state index contributed by atoms with van der Waals surface area (Å²) in [6, 6.07) is 5.75. The Kier molecular flexibility index (Phi) is 2.46. The highest BCUT2D eigenvalue weighted by Crippen LogP contribution is 2.12. The fraction of sp³-hybridized carbons (Fsp3) is 0.250. The molecule has 0 unspecified atom stereocenters. The molecule has 0 aliphatic heterocycles. The van der Waals surface area contributed by atoms with Gasteiger partial charge in [0.25, 0.3) is 0 Å². The molecule has 0 heterocycles. The molecule has 0 aliphatic carbocycles. The zero-order chi connectivity index (χ0) is 8.27. The summed E-state index contributed by atoms with van der Waals surface area (Å²) >= 11 is 0. The van der Waals surface area contributed by atoms with Gasteiger partial charge in [0.2, 0.25) is 0 Å². The zero-order valence-corrected chi connectivity index (χ0v) is 6.50. The summed E-state index contributed by atoms with van der Waals surface area (Å²) in [7, 11) is 0. The molecule has 0 aliphatic rings. The lowest BCUT2D eigenvalue weighted by molar-refractivity contribution is 0.124. The van der Waals surface area contributed by atoms with Crippen LogP contribution in [0.15, 0.2) is 18.2 Å². The van der Waals surface area contributed by atoms with Gasteiger partial charge in [0.1, 0.15) is 0 Å². The van der Waals surface area contributed by atoms with Gasteiger partial charge in [-0.1, -0.05) is 12.1 Å². The van der Waals surface area contributed by atoms with Gasteiger partial charge in [0.15, 0.2) is 0 Å². The standard InChI is InChI=1S/C8H12N2O/c1-6-2-3-7(5-11-10)4-8(6)9/h2-4H,5,9-10H2,1H3. The summed E-state index contributed by atoms with van der Waals surface area (Å²) in [4.78, 5) is 4.47. The normalized spacial score (nSPS) is 10.0. The number of nitrogens with two attached hydrogens (primary N) is 2. The minimum Gasteiger partial charge on any atom is -0.399 e. The quantitative estimate of drug-likeness (QED) is 0.490. The number of nitrogen functional groups attached to an aromatic ring is 1. The van der Waals surface area contributed by atoms with Crippen LogP contribution in [0, 0.1) is 6.92 Å². The van der Waals surface area contributed by atoms with E-state index in [4.69, 9.17) is 11.6 Å². The van der Waals surface area contributed by atoms with Crippen molar-refractivity contribution in [2.45, 2.75) is 13.5 Å². The summed E-state index contributed by atoms with van der Waals surface area (Å²) in [5, 5.41) is 0. The molecular formula is C8H12N2O. The number of aryl methyl sites for hydroxylation is 1. The topological polar surface area (TPSA) is 61.3 Å². The Bertz CT molecular complexity index is 248. The molecule has 11 heavy (non-hydrogen) atoms. The van der Waals surface area contributed by atoms with Crippen molar-refractivity contribution in [2.24, 2.45) is 5.90 Å². The summed E-state index contributed by atoms with van der Waals surface area (Å²) in [5.41, 5.74) is 8.50. The van der Waals surface area contributed by atoms with Gasteiger partial charge in [-0.25, -0.2) is 5.90 Å². The molecular weight excluding hydrogens is 140 g/mol. The van der Waals surface area contributed by atoms with Gasteiger partial charge >= 0.3 is 0 Å². The lowest BCUT2D eigenvalue weighted by Gasteiger charge is -2.02. The van der Waals surface area contributed by atoms with Gasteiger partial charge in [0.05, 0.1) is 6.61 Å². The highest BCUT2D eigenvalue weighted by molar-refractivity contribution is 5.48. The van der Waals surface area contributed by atoms with E-state index in [1.807, 2.05) is 25.1 Å². The summed E-state index contributed by atoms with van der Waals surface area (Å²) in [6.07, 6.45) is 0. The molecule has 3 nitrogen and oxygen atoms in total. The third kappa shape index (κ3) is 1.93. The lowest BCUT2D eigenvalue weighted by Crippen LogP contribution is -2.00. The first kappa shape index (κ1) is 8.04. The van der Waals surface area contributed by atoms with Gasteiger partial charge in [-0.2, -0.15) is 0 Å². The minimum absolute atomic E-state index is 0.407. The van der Waals surface area contributed by atoms with E-state index in [1.54, 1.807) is 0 Å². The summed E-state index contributed by atoms with van der Waals surface area (Å²) in [5.74, 6) is 4.91. The van der Waals surface area contributed by atoms with Gasteiger partial charge in [-0.05, 0) is 24.1 Å². The van der Waals surface area contributed by atoms with E-state index in [-0.39, 0.29) is 0 Å². The molecule has 0 bridgehead atoms. The SMILES string of the molecule is Cc1ccc(CON)cc1N. The molecule has 0 saturated carbocycles. The summed E-state index contributed by atoms with van der Waals surface area (Å²) in [6.45, 7) is 2.37. The Hall–Kier alpha value is -1.06. The molecule has 0 spiro atoms. The monoisotopic (exact) mass is 152 g/mol. The largest absolute Gasteiger partial charge is 0.399 e. The second kappa shape index (κ2) is 3.37. The first-order chi connectivity index (χ1) is 5.24. The number of rotatable bonds is 2. The van der Waals surface area contributed by atoms with E-state index in [0.717, 1.165) is 16.8 Å². The Morgan fingerprint density at radius 2 is 2.18 bits per heavy atom. The van der Waals surface area contributed by atoms with Crippen LogP contribution in [0.4, 0.5) is 5.69 Å². The fourth-order valence-electron chi connectivity index (χ4n) is 0.876. The van der Waals surface area contributed by atoms with Crippen LogP contribution in [-0.2, 0) is 11.4 Å². The van der Waals surface area contributed by atoms with Crippen molar-refractivity contribution in [3.05, 3.63) is 29.3 Å². The van der Waals surface area contributed by atoms with Crippen molar-refractivity contribution in [3.63, 3.8) is 0 Å². The van der Waals surface area contributed by atoms with Gasteiger partial charge in [0, 0.05) is 5.69 Å². The maximum absolute atomic E-state index is 5.65. The molecule has 4 N–H and O–H groups in total. The number of benzene rings is 1. The highest BCUT2D eigenvalue weighted by Gasteiger charge is 1.95. The first-order valence-electron chi connectivity index (χ1n) is 3.40. The Morgan fingerprint density at radius 1 is 1.45 bits per heavy atom. The molecule has 1 aromatic rings. The molecule has 0 aromatic heterocycles. The third-order valence-electron chi connectivity index (χ3n) is 1.59. The smallest absolute Gasteiger partial charge is 0.0930 e. The minimum atomic E-state index is 0.407. The molecule has 0 saturated heterocycles. The van der Waals surface area contributed by atoms with Crippen LogP contribution in [-0.4, -0.2) is 0 Å². The molecule has 1 rings (SSSR count). The van der Waals surface area contributed by atoms with Crippen LogP contribution in [0.2, 0.25) is 0 Å². The van der Waals surface area contributed by atoms with Crippen molar-refractivity contribution in [1.82, 2.24) is 0 Å². The molecule has 0 atom stereocenters. The van der Waals surface area contributed by atoms with Crippen LogP contribution in [0.3, 0.4) is 0 Å². The lowest BCUT2D eigenvalue weighted by atomic mass is 10.1. The van der Waals surface area contributed by atoms with Crippen molar-refractivity contribution in [1.29, 1.82) is 0 Å². The van der Waals surface area contributed by atoms with Crippen molar-refractivity contribution >= 4 is 5.69 Å². The zero-order valence-electron chi connectivity index (χ0n) is 6.50. The Labute approximate surface area is 65.9 Å². The van der Waals surface area contributed by atoms with E-state index in [1.165, 1.54) is 0 Å². The van der Waals surface area contributed by atoms with Crippen LogP contribution in [0.25, 0.3) is 0 Å². The predicted molar refractivity (Wildman–Crippen MR) is 44.6 cm³/mol. The average molecular weight is 152 g/mol. The van der Waals surface area contributed by atoms with E-state index in [2.05, 4.69) is 4.84 Å². The maximum atomic E-state index is 5.65. The molecule has 3 heteroatoms. The number of hydrogen-bond donors (Lipinski definition) is 2. The molecule has 1 aromatic carbocycles. The van der Waals surface area contributed by atoms with E-state index >= 15 is 0 Å². The number of hydrogen-bond acceptors (Lipinski definition) is 3. The summed E-state index contributed by atoms with van der Waals surface area (Å²) < 4.78 is 0. The van der Waals surface area contributed by atoms with Crippen molar-refractivity contribution < 1.29 is 4.84 Å². The van der Waals surface area contributed by atoms with Crippen LogP contribution < -0.4 is 11.6 Å². The molecule has 0 fully saturated rings.